The van der Waals surface area contributed by atoms with E-state index in [9.17, 15) is 4.39 Å². The molecule has 37 heavy (non-hydrogen) atoms. The zero-order chi connectivity index (χ0) is 25.9. The maximum absolute atomic E-state index is 15.6. The summed E-state index contributed by atoms with van der Waals surface area (Å²) in [5.41, 5.74) is 6.62. The number of alkyl halides is 1. The van der Waals surface area contributed by atoms with E-state index in [1.807, 2.05) is 24.0 Å². The number of aromatic nitrogens is 3. The molecule has 3 aromatic rings. The number of nitrogens with zero attached hydrogens (tertiary/aromatic N) is 5. The highest BCUT2D eigenvalue weighted by Crippen LogP contribution is 2.48. The van der Waals surface area contributed by atoms with E-state index < -0.39 is 17.5 Å². The summed E-state index contributed by atoms with van der Waals surface area (Å²) in [5, 5.41) is 0.467. The summed E-state index contributed by atoms with van der Waals surface area (Å²) in [5.74, 6) is 0.482. The number of anilines is 2. The molecule has 0 radical (unpaired) electrons. The van der Waals surface area contributed by atoms with Gasteiger partial charge in [0.2, 0.25) is 0 Å². The van der Waals surface area contributed by atoms with Gasteiger partial charge in [-0.25, -0.2) is 13.8 Å². The Kier molecular flexibility index (Phi) is 6.27. The maximum Gasteiger partial charge on any atom is 0.319 e. The highest BCUT2D eigenvalue weighted by Gasteiger charge is 2.49. The van der Waals surface area contributed by atoms with Crippen LogP contribution in [0, 0.1) is 5.82 Å². The van der Waals surface area contributed by atoms with Crippen LogP contribution in [0.25, 0.3) is 10.9 Å². The van der Waals surface area contributed by atoms with Gasteiger partial charge in [0.1, 0.15) is 41.6 Å². The van der Waals surface area contributed by atoms with Crippen molar-refractivity contribution in [2.24, 2.45) is 0 Å². The van der Waals surface area contributed by atoms with Crippen molar-refractivity contribution in [1.29, 1.82) is 0 Å². The molecule has 196 valence electrons. The molecule has 2 fully saturated rings. The lowest BCUT2D eigenvalue weighted by molar-refractivity contribution is 0.107. The summed E-state index contributed by atoms with van der Waals surface area (Å²) >= 11 is 9.74. The van der Waals surface area contributed by atoms with Crippen LogP contribution in [-0.4, -0.2) is 64.4 Å². The maximum atomic E-state index is 15.6. The van der Waals surface area contributed by atoms with E-state index in [2.05, 4.69) is 30.8 Å². The number of nitrogens with two attached hydrogens (primary N) is 1. The van der Waals surface area contributed by atoms with Crippen molar-refractivity contribution in [1.82, 2.24) is 19.9 Å². The predicted octanol–water partition coefficient (Wildman–Crippen LogP) is 5.08. The van der Waals surface area contributed by atoms with E-state index in [1.54, 1.807) is 6.20 Å². The quantitative estimate of drug-likeness (QED) is 0.409. The van der Waals surface area contributed by atoms with Crippen molar-refractivity contribution in [3.8, 4) is 11.8 Å². The van der Waals surface area contributed by atoms with Crippen LogP contribution < -0.4 is 20.1 Å². The Morgan fingerprint density at radius 2 is 2.22 bits per heavy atom. The van der Waals surface area contributed by atoms with Crippen LogP contribution in [0.2, 0.25) is 5.02 Å². The molecule has 6 rings (SSSR count). The van der Waals surface area contributed by atoms with Crippen molar-refractivity contribution in [2.75, 3.05) is 43.5 Å². The van der Waals surface area contributed by atoms with Gasteiger partial charge in [0.15, 0.2) is 11.6 Å². The monoisotopic (exact) mass is 594 g/mol. The number of hydrogen-bond donors (Lipinski definition) is 1. The highest BCUT2D eigenvalue weighted by molar-refractivity contribution is 9.10. The van der Waals surface area contributed by atoms with Crippen molar-refractivity contribution in [3.05, 3.63) is 39.2 Å². The van der Waals surface area contributed by atoms with Crippen molar-refractivity contribution in [3.63, 3.8) is 0 Å². The summed E-state index contributed by atoms with van der Waals surface area (Å²) in [6.45, 7) is 4.15. The van der Waals surface area contributed by atoms with Crippen LogP contribution in [0.5, 0.6) is 11.8 Å². The predicted molar refractivity (Wildman–Crippen MR) is 141 cm³/mol. The van der Waals surface area contributed by atoms with E-state index in [4.69, 9.17) is 31.8 Å². The largest absolute Gasteiger partial charge is 0.489 e. The van der Waals surface area contributed by atoms with Crippen LogP contribution >= 0.6 is 27.5 Å². The topological polar surface area (TPSA) is 89.6 Å². The molecule has 0 aliphatic carbocycles. The first kappa shape index (κ1) is 24.8. The smallest absolute Gasteiger partial charge is 0.319 e. The number of halogens is 4. The van der Waals surface area contributed by atoms with Crippen molar-refractivity contribution >= 4 is 50.1 Å². The van der Waals surface area contributed by atoms with E-state index in [-0.39, 0.29) is 40.3 Å². The van der Waals surface area contributed by atoms with Gasteiger partial charge in [-0.15, -0.1) is 0 Å². The third-order valence-corrected chi connectivity index (χ3v) is 9.09. The molecule has 12 heteroatoms. The Labute approximate surface area is 226 Å². The summed E-state index contributed by atoms with van der Waals surface area (Å²) in [6.07, 6.45) is 2.97. The number of rotatable bonds is 5. The lowest BCUT2D eigenvalue weighted by atomic mass is 9.95. The molecule has 2 N–H and O–H groups in total. The number of pyridine rings is 1. The molecule has 0 saturated carbocycles. The van der Waals surface area contributed by atoms with Crippen molar-refractivity contribution in [2.45, 2.75) is 43.9 Å². The van der Waals surface area contributed by atoms with Crippen LogP contribution in [0.1, 0.15) is 37.8 Å². The van der Waals surface area contributed by atoms with Crippen LogP contribution in [0.15, 0.2) is 22.8 Å². The molecular weight excluding hydrogens is 570 g/mol. The standard InChI is InChI=1S/C25H26BrClF2N6O2/c1-13(15-4-2-6-31-22(15)30)35-8-9-36-21-16-20(19(29)17(26)18(21)27)32-24(33-23(16)35)37-12-25-5-3-7-34(25)11-14(28)10-25/h2,4,6,13-14H,3,5,7-12H2,1H3,(H2,30,31)/t13?,14-,25+/m1/s1. The van der Waals surface area contributed by atoms with Gasteiger partial charge < -0.3 is 20.1 Å². The minimum absolute atomic E-state index is 0.0170. The Morgan fingerprint density at radius 1 is 1.38 bits per heavy atom. The third kappa shape index (κ3) is 4.06. The molecular formula is C25H26BrClF2N6O2. The first-order valence-corrected chi connectivity index (χ1v) is 13.5. The van der Waals surface area contributed by atoms with Crippen molar-refractivity contribution < 1.29 is 18.3 Å². The second-order valence-electron chi connectivity index (χ2n) is 9.88. The van der Waals surface area contributed by atoms with Crippen LogP contribution in [0.3, 0.4) is 0 Å². The molecule has 2 aromatic heterocycles. The van der Waals surface area contributed by atoms with Gasteiger partial charge in [-0.1, -0.05) is 17.7 Å². The summed E-state index contributed by atoms with van der Waals surface area (Å²) in [4.78, 5) is 17.5. The Balaban J connectivity index is 1.46. The lowest BCUT2D eigenvalue weighted by Gasteiger charge is -2.32. The molecule has 0 amide bonds. The lowest BCUT2D eigenvalue weighted by Crippen LogP contribution is -2.43. The second-order valence-corrected chi connectivity index (χ2v) is 11.1. The average Bonchev–Trinajstić information content (AvgIpc) is 3.33. The van der Waals surface area contributed by atoms with E-state index >= 15 is 4.39 Å². The summed E-state index contributed by atoms with van der Waals surface area (Å²) < 4.78 is 42.0. The number of benzene rings is 1. The molecule has 2 saturated heterocycles. The van der Waals surface area contributed by atoms with Gasteiger partial charge in [0, 0.05) is 24.7 Å². The minimum atomic E-state index is -0.886. The molecule has 0 bridgehead atoms. The zero-order valence-corrected chi connectivity index (χ0v) is 22.5. The summed E-state index contributed by atoms with van der Waals surface area (Å²) in [6, 6.07) is 3.45. The second kappa shape index (κ2) is 9.36. The van der Waals surface area contributed by atoms with Crippen LogP contribution in [0.4, 0.5) is 20.4 Å². The number of hydrogen-bond acceptors (Lipinski definition) is 8. The first-order valence-electron chi connectivity index (χ1n) is 12.3. The van der Waals surface area contributed by atoms with E-state index in [0.717, 1.165) is 24.9 Å². The molecule has 3 aliphatic heterocycles. The molecule has 3 atom stereocenters. The zero-order valence-electron chi connectivity index (χ0n) is 20.2. The fourth-order valence-corrected chi connectivity index (χ4v) is 6.54. The van der Waals surface area contributed by atoms with Gasteiger partial charge in [0.05, 0.1) is 28.0 Å². The van der Waals surface area contributed by atoms with Gasteiger partial charge in [-0.3, -0.25) is 4.90 Å². The average molecular weight is 596 g/mol. The molecule has 1 aromatic carbocycles. The Morgan fingerprint density at radius 3 is 3.03 bits per heavy atom. The summed E-state index contributed by atoms with van der Waals surface area (Å²) in [7, 11) is 0. The first-order chi connectivity index (χ1) is 17.8. The fraction of sp³-hybridized carbons (Fsp3) is 0.480. The van der Waals surface area contributed by atoms with Gasteiger partial charge in [-0.2, -0.15) is 9.97 Å². The normalized spacial score (nSPS) is 24.1. The third-order valence-electron chi connectivity index (χ3n) is 7.76. The van der Waals surface area contributed by atoms with E-state index in [1.165, 1.54) is 0 Å². The number of ether oxygens (including phenoxy) is 2. The number of nitrogen functional groups attached to an aromatic ring is 1. The van der Waals surface area contributed by atoms with Gasteiger partial charge in [-0.05, 0) is 48.3 Å². The Hall–Kier alpha value is -2.50. The van der Waals surface area contributed by atoms with Gasteiger partial charge >= 0.3 is 6.01 Å². The SMILES string of the molecule is CC(c1cccnc1N)N1CCOc2c(Cl)c(Br)c(F)c3nc(OC[C@@]45CCCN4C[C@H](F)C5)nc1c23. The molecule has 3 aliphatic rings. The Bertz CT molecular complexity index is 1380. The highest BCUT2D eigenvalue weighted by atomic mass is 79.9. The van der Waals surface area contributed by atoms with Gasteiger partial charge in [0.25, 0.3) is 0 Å². The minimum Gasteiger partial charge on any atom is -0.489 e. The molecule has 0 spiro atoms. The molecule has 5 heterocycles. The fourth-order valence-electron chi connectivity index (χ4n) is 5.94. The van der Waals surface area contributed by atoms with Crippen LogP contribution in [-0.2, 0) is 0 Å². The molecule has 1 unspecified atom stereocenters. The molecule has 8 nitrogen and oxygen atoms in total. The van der Waals surface area contributed by atoms with E-state index in [0.29, 0.717) is 42.3 Å². The number of fused-ring (bicyclic) bond motifs is 1.